The zero-order valence-corrected chi connectivity index (χ0v) is 32.7. The van der Waals surface area contributed by atoms with E-state index in [4.69, 9.17) is 0 Å². The highest BCUT2D eigenvalue weighted by molar-refractivity contribution is 8.00. The van der Waals surface area contributed by atoms with Crippen LogP contribution in [0.5, 0.6) is 0 Å². The SMILES string of the molecule is C1=CC2Sc3ccc(-c4ccccc4N(c4ccc(-c5ccc(-c6cccc7ccccc67)cc5)cc4)c4ccc(-c5ccc6ccccc6c5)cc4)cc3C2C=C1. The van der Waals surface area contributed by atoms with Gasteiger partial charge in [-0.3, -0.25) is 0 Å². The van der Waals surface area contributed by atoms with Crippen LogP contribution in [0.4, 0.5) is 17.1 Å². The molecule has 2 unspecified atom stereocenters. The van der Waals surface area contributed by atoms with Crippen LogP contribution in [0.3, 0.4) is 0 Å². The molecule has 1 heterocycles. The zero-order valence-electron chi connectivity index (χ0n) is 31.9. The summed E-state index contributed by atoms with van der Waals surface area (Å²) in [4.78, 5) is 3.80. The molecule has 2 aliphatic rings. The maximum atomic E-state index is 2.43. The van der Waals surface area contributed by atoms with Crippen LogP contribution in [0.25, 0.3) is 66.1 Å². The second-order valence-corrected chi connectivity index (χ2v) is 16.5. The highest BCUT2D eigenvalue weighted by Gasteiger charge is 2.31. The highest BCUT2D eigenvalue weighted by Crippen LogP contribution is 2.50. The fourth-order valence-electron chi connectivity index (χ4n) is 8.84. The first kappa shape index (κ1) is 34.4. The Morgan fingerprint density at radius 2 is 0.948 bits per heavy atom. The molecule has 58 heavy (non-hydrogen) atoms. The molecule has 1 aliphatic carbocycles. The Labute approximate surface area is 344 Å². The molecular weight excluding hydrogens is 719 g/mol. The van der Waals surface area contributed by atoms with Gasteiger partial charge < -0.3 is 4.90 Å². The normalized spacial score (nSPS) is 15.4. The van der Waals surface area contributed by atoms with Crippen LogP contribution in [-0.4, -0.2) is 5.25 Å². The smallest absolute Gasteiger partial charge is 0.0540 e. The Morgan fingerprint density at radius 3 is 1.74 bits per heavy atom. The van der Waals surface area contributed by atoms with Gasteiger partial charge in [-0.1, -0.05) is 176 Å². The van der Waals surface area contributed by atoms with Crippen molar-refractivity contribution >= 4 is 50.4 Å². The molecule has 11 rings (SSSR count). The molecule has 0 fully saturated rings. The summed E-state index contributed by atoms with van der Waals surface area (Å²) in [6, 6.07) is 73.5. The molecular formula is C56H39NS. The molecule has 1 aliphatic heterocycles. The molecule has 0 radical (unpaired) electrons. The van der Waals surface area contributed by atoms with Gasteiger partial charge in [0.1, 0.15) is 0 Å². The minimum absolute atomic E-state index is 0.407. The quantitative estimate of drug-likeness (QED) is 0.159. The Balaban J connectivity index is 0.975. The van der Waals surface area contributed by atoms with Crippen LogP contribution in [0.1, 0.15) is 11.5 Å². The average molecular weight is 758 g/mol. The molecule has 2 atom stereocenters. The van der Waals surface area contributed by atoms with Crippen LogP contribution in [0, 0.1) is 0 Å². The van der Waals surface area contributed by atoms with Gasteiger partial charge >= 0.3 is 0 Å². The third-order valence-electron chi connectivity index (χ3n) is 11.8. The Bertz CT molecular complexity index is 3020. The summed E-state index contributed by atoms with van der Waals surface area (Å²) in [6.45, 7) is 0. The van der Waals surface area contributed by atoms with E-state index in [1.807, 2.05) is 11.8 Å². The summed E-state index contributed by atoms with van der Waals surface area (Å²) in [6.07, 6.45) is 9.09. The van der Waals surface area contributed by atoms with Gasteiger partial charge in [-0.2, -0.15) is 0 Å². The van der Waals surface area contributed by atoms with E-state index in [2.05, 4.69) is 229 Å². The molecule has 274 valence electrons. The number of anilines is 3. The van der Waals surface area contributed by atoms with E-state index in [0.717, 1.165) is 17.1 Å². The van der Waals surface area contributed by atoms with Crippen molar-refractivity contribution in [1.29, 1.82) is 0 Å². The van der Waals surface area contributed by atoms with E-state index in [-0.39, 0.29) is 0 Å². The molecule has 0 bridgehead atoms. The van der Waals surface area contributed by atoms with Crippen LogP contribution >= 0.6 is 11.8 Å². The molecule has 0 saturated carbocycles. The molecule has 1 nitrogen and oxygen atoms in total. The minimum atomic E-state index is 0.407. The molecule has 9 aromatic carbocycles. The van der Waals surface area contributed by atoms with E-state index < -0.39 is 0 Å². The Hall–Kier alpha value is -6.87. The van der Waals surface area contributed by atoms with E-state index in [9.17, 15) is 0 Å². The van der Waals surface area contributed by atoms with Crippen LogP contribution in [-0.2, 0) is 0 Å². The van der Waals surface area contributed by atoms with Crippen molar-refractivity contribution in [3.8, 4) is 44.5 Å². The summed E-state index contributed by atoms with van der Waals surface area (Å²) in [5.74, 6) is 0.407. The fourth-order valence-corrected chi connectivity index (χ4v) is 10.2. The van der Waals surface area contributed by atoms with Crippen molar-refractivity contribution in [3.63, 3.8) is 0 Å². The molecule has 2 heteroatoms. The highest BCUT2D eigenvalue weighted by atomic mass is 32.2. The van der Waals surface area contributed by atoms with Crippen molar-refractivity contribution in [3.05, 3.63) is 230 Å². The zero-order chi connectivity index (χ0) is 38.4. The maximum absolute atomic E-state index is 2.43. The first-order valence-corrected chi connectivity index (χ1v) is 20.9. The van der Waals surface area contributed by atoms with Crippen LogP contribution in [0.2, 0.25) is 0 Å². The summed E-state index contributed by atoms with van der Waals surface area (Å²) in [5, 5.41) is 5.51. The number of nitrogens with zero attached hydrogens (tertiary/aromatic N) is 1. The minimum Gasteiger partial charge on any atom is -0.310 e. The van der Waals surface area contributed by atoms with Gasteiger partial charge in [0.05, 0.1) is 5.69 Å². The van der Waals surface area contributed by atoms with Crippen molar-refractivity contribution < 1.29 is 0 Å². The van der Waals surface area contributed by atoms with E-state index in [1.54, 1.807) is 0 Å². The molecule has 0 aromatic heterocycles. The second-order valence-electron chi connectivity index (χ2n) is 15.2. The Morgan fingerprint density at radius 1 is 0.379 bits per heavy atom. The Kier molecular flexibility index (Phi) is 8.64. The van der Waals surface area contributed by atoms with Gasteiger partial charge in [0.15, 0.2) is 0 Å². The van der Waals surface area contributed by atoms with Gasteiger partial charge in [-0.05, 0) is 115 Å². The molecule has 0 saturated heterocycles. The molecule has 0 spiro atoms. The maximum Gasteiger partial charge on any atom is 0.0540 e. The lowest BCUT2D eigenvalue weighted by atomic mass is 9.90. The first-order valence-electron chi connectivity index (χ1n) is 20.1. The number of benzene rings is 9. The van der Waals surface area contributed by atoms with Crippen LogP contribution in [0.15, 0.2) is 229 Å². The van der Waals surface area contributed by atoms with Gasteiger partial charge in [-0.15, -0.1) is 11.8 Å². The van der Waals surface area contributed by atoms with Crippen molar-refractivity contribution in [2.45, 2.75) is 16.1 Å². The number of rotatable bonds is 7. The fraction of sp³-hybridized carbons (Fsp3) is 0.0357. The predicted octanol–water partition coefficient (Wildman–Crippen LogP) is 15.8. The van der Waals surface area contributed by atoms with E-state index in [1.165, 1.54) is 76.5 Å². The number of para-hydroxylation sites is 1. The topological polar surface area (TPSA) is 3.24 Å². The lowest BCUT2D eigenvalue weighted by Crippen LogP contribution is -2.11. The van der Waals surface area contributed by atoms with Gasteiger partial charge in [-0.25, -0.2) is 0 Å². The lowest BCUT2D eigenvalue weighted by Gasteiger charge is -2.28. The monoisotopic (exact) mass is 757 g/mol. The van der Waals surface area contributed by atoms with E-state index in [0.29, 0.717) is 11.2 Å². The summed E-state index contributed by atoms with van der Waals surface area (Å²) in [7, 11) is 0. The van der Waals surface area contributed by atoms with E-state index >= 15 is 0 Å². The predicted molar refractivity (Wildman–Crippen MR) is 249 cm³/mol. The number of fused-ring (bicyclic) bond motifs is 5. The summed E-state index contributed by atoms with van der Waals surface area (Å²) >= 11 is 1.98. The standard InChI is InChI=1S/C56H39NS/c1-2-12-44-36-45(25-22-38(44)10-1)41-28-33-48(34-29-41)57(54-18-7-5-15-51(54)46-30-35-56-53(37-46)52-16-6-8-19-55(52)58-56)47-31-26-40(27-32-47)39-20-23-43(24-21-39)50-17-9-13-42-11-3-4-14-49(42)50/h1-37,52,55H. The average Bonchev–Trinajstić information content (AvgIpc) is 3.68. The lowest BCUT2D eigenvalue weighted by molar-refractivity contribution is 0.881. The second kappa shape index (κ2) is 14.6. The number of thioether (sulfide) groups is 1. The number of hydrogen-bond acceptors (Lipinski definition) is 2. The van der Waals surface area contributed by atoms with Crippen LogP contribution < -0.4 is 4.90 Å². The van der Waals surface area contributed by atoms with Crippen molar-refractivity contribution in [2.75, 3.05) is 4.90 Å². The molecule has 0 N–H and O–H groups in total. The van der Waals surface area contributed by atoms with Crippen molar-refractivity contribution in [1.82, 2.24) is 0 Å². The van der Waals surface area contributed by atoms with Crippen molar-refractivity contribution in [2.24, 2.45) is 0 Å². The summed E-state index contributed by atoms with van der Waals surface area (Å²) in [5.41, 5.74) is 14.5. The first-order chi connectivity index (χ1) is 28.7. The largest absolute Gasteiger partial charge is 0.310 e. The number of allylic oxidation sites excluding steroid dienone is 3. The summed E-state index contributed by atoms with van der Waals surface area (Å²) < 4.78 is 0. The van der Waals surface area contributed by atoms with Gasteiger partial charge in [0, 0.05) is 33.0 Å². The third-order valence-corrected chi connectivity index (χ3v) is 13.2. The van der Waals surface area contributed by atoms with Gasteiger partial charge in [0.2, 0.25) is 0 Å². The third kappa shape index (κ3) is 6.23. The molecule has 0 amide bonds. The van der Waals surface area contributed by atoms with Gasteiger partial charge in [0.25, 0.3) is 0 Å². The molecule has 9 aromatic rings. The number of hydrogen-bond donors (Lipinski definition) is 0.